The molecule has 6 aliphatic rings. The summed E-state index contributed by atoms with van der Waals surface area (Å²) in [6, 6.07) is 19.2. The molecular formula is C64H74N8O17S. The maximum absolute atomic E-state index is 14.0. The number of nitrogens with zero attached hydrogens (tertiary/aromatic N) is 6. The molecule has 3 aromatic heterocycles. The van der Waals surface area contributed by atoms with Crippen LogP contribution < -0.4 is 30.2 Å². The van der Waals surface area contributed by atoms with Crippen LogP contribution in [0.15, 0.2) is 96.0 Å². The largest absolute Gasteiger partial charge is 0.503 e. The van der Waals surface area contributed by atoms with Crippen LogP contribution in [-0.2, 0) is 54.6 Å². The standard InChI is InChI=1S/C64H74N8O17S/c1-37-43(41-13-15-49(68-50(41)56(77)78)71-18-16-40-44(28-71)42(12-14-46(40)83-5)55(76)69-59-67-45-8-6-7-9-48(45)90-59)27-66-72(37)36-63-31-61(2)30-62(3,32-63)34-64(33-61,35-63)87-23-20-70(19-22-82-4)60(81)86-29-38-10-11-39(26-47(38)85-25-24-84-21-17-65)88-58-53(75)51(73)52(74)54(89-58)57(79)80/h6-15,26-27,58,73-75H,16-25,28-36,65H2,1-5H3,(H,77,78)(H,79,80)(H,67,69,76)/t58-,61-,62?,63?,64+/m0/s1. The number of ether oxygens (including phenoxy) is 8. The zero-order chi connectivity index (χ0) is 63.7. The average molecular weight is 1260 g/mol. The lowest BCUT2D eigenvalue weighted by Crippen LogP contribution is -2.64. The minimum Gasteiger partial charge on any atom is -0.503 e. The number of fused-ring (bicyclic) bond motifs is 2. The second-order valence-corrected chi connectivity index (χ2v) is 25.6. The SMILES string of the molecule is COCCN(CCO[C@@]12CC3(C)CC(Cn4ncc(-c5ccc(N6CCc7c(OC)ccc(C(=O)Nc8nc9ccccc9s8)c7C6)nc5C(=O)O)c4C)(C[C@](C)(C3)C1)C2)C(=O)OCc1ccc(O[C@H]2OC(C(=O)O)=C(O)C(O)=C2O)cc1OCCOCCN. The number of pyridine rings is 1. The molecule has 2 amide bonds. The number of methoxy groups -OCH3 is 2. The van der Waals surface area contributed by atoms with Crippen LogP contribution in [0.2, 0.25) is 0 Å². The first-order valence-corrected chi connectivity index (χ1v) is 30.5. The monoisotopic (exact) mass is 1260 g/mol. The summed E-state index contributed by atoms with van der Waals surface area (Å²) >= 11 is 1.39. The van der Waals surface area contributed by atoms with Gasteiger partial charge in [-0.2, -0.15) is 5.10 Å². The maximum atomic E-state index is 14.0. The summed E-state index contributed by atoms with van der Waals surface area (Å²) in [5.41, 5.74) is 9.92. The Morgan fingerprint density at radius 2 is 1.61 bits per heavy atom. The fourth-order valence-corrected chi connectivity index (χ4v) is 15.8. The molecule has 4 fully saturated rings. The number of carbonyl (C=O) groups is 4. The van der Waals surface area contributed by atoms with Crippen LogP contribution in [0, 0.1) is 23.2 Å². The number of carbonyl (C=O) groups excluding carboxylic acids is 2. The Labute approximate surface area is 522 Å². The van der Waals surface area contributed by atoms with Gasteiger partial charge in [-0.25, -0.2) is 24.4 Å². The first kappa shape index (κ1) is 62.9. The average Bonchev–Trinajstić information content (AvgIpc) is 0.874. The Balaban J connectivity index is 0.761. The molecule has 12 rings (SSSR count). The van der Waals surface area contributed by atoms with E-state index in [-0.39, 0.29) is 98.6 Å². The smallest absolute Gasteiger partial charge is 0.410 e. The summed E-state index contributed by atoms with van der Waals surface area (Å²) in [5.74, 6) is -6.21. The van der Waals surface area contributed by atoms with E-state index < -0.39 is 53.0 Å². The van der Waals surface area contributed by atoms with Crippen molar-refractivity contribution >= 4 is 56.4 Å². The normalized spacial score (nSPS) is 22.5. The predicted octanol–water partition coefficient (Wildman–Crippen LogP) is 9.08. The van der Waals surface area contributed by atoms with Crippen molar-refractivity contribution in [1.29, 1.82) is 0 Å². The van der Waals surface area contributed by atoms with E-state index in [0.29, 0.717) is 65.0 Å². The Kier molecular flexibility index (Phi) is 17.9. The van der Waals surface area contributed by atoms with Gasteiger partial charge in [0.05, 0.1) is 55.6 Å². The Bertz CT molecular complexity index is 3760. The topological polar surface area (TPSA) is 331 Å². The van der Waals surface area contributed by atoms with E-state index >= 15 is 0 Å². The third-order valence-corrected chi connectivity index (χ3v) is 18.5. The number of aliphatic carboxylic acids is 1. The van der Waals surface area contributed by atoms with Gasteiger partial charge in [0, 0.05) is 86.0 Å². The van der Waals surface area contributed by atoms with E-state index in [9.17, 15) is 44.7 Å². The number of hydrogen-bond donors (Lipinski definition) is 7. The molecule has 4 aliphatic carbocycles. The first-order valence-electron chi connectivity index (χ1n) is 29.7. The number of aromatic nitrogens is 4. The number of benzene rings is 3. The van der Waals surface area contributed by atoms with Gasteiger partial charge in [-0.1, -0.05) is 37.3 Å². The van der Waals surface area contributed by atoms with E-state index in [1.807, 2.05) is 46.8 Å². The van der Waals surface area contributed by atoms with Gasteiger partial charge < -0.3 is 79.0 Å². The van der Waals surface area contributed by atoms with E-state index in [1.54, 1.807) is 38.6 Å². The van der Waals surface area contributed by atoms with Gasteiger partial charge >= 0.3 is 24.3 Å². The number of rotatable bonds is 26. The van der Waals surface area contributed by atoms with Crippen LogP contribution in [0.25, 0.3) is 21.3 Å². The molecule has 3 aromatic carbocycles. The highest BCUT2D eigenvalue weighted by molar-refractivity contribution is 7.22. The number of carboxylic acid groups (broad SMARTS) is 2. The summed E-state index contributed by atoms with van der Waals surface area (Å²) in [6.07, 6.45) is 5.19. The van der Waals surface area contributed by atoms with Crippen molar-refractivity contribution in [3.05, 3.63) is 130 Å². The lowest BCUT2D eigenvalue weighted by molar-refractivity contribution is -0.248. The van der Waals surface area contributed by atoms with E-state index in [1.165, 1.54) is 34.4 Å². The van der Waals surface area contributed by atoms with Crippen LogP contribution in [0.4, 0.5) is 15.7 Å². The number of aliphatic hydroxyl groups excluding tert-OH is 3. The number of hydrogen-bond acceptors (Lipinski definition) is 21. The van der Waals surface area contributed by atoms with Crippen molar-refractivity contribution in [2.24, 2.45) is 22.0 Å². The Hall–Kier alpha value is -8.69. The highest BCUT2D eigenvalue weighted by Crippen LogP contribution is 2.72. The molecule has 478 valence electrons. The summed E-state index contributed by atoms with van der Waals surface area (Å²) < 4.78 is 49.4. The number of carboxylic acids is 2. The fraction of sp³-hybridized carbons (Fsp3) is 0.453. The third kappa shape index (κ3) is 13.0. The second-order valence-electron chi connectivity index (χ2n) is 24.6. The van der Waals surface area contributed by atoms with Crippen molar-refractivity contribution in [3.63, 3.8) is 0 Å². The highest BCUT2D eigenvalue weighted by atomic mass is 32.1. The van der Waals surface area contributed by atoms with Gasteiger partial charge in [0.25, 0.3) is 11.7 Å². The van der Waals surface area contributed by atoms with Crippen molar-refractivity contribution in [2.75, 3.05) is 83.6 Å². The van der Waals surface area contributed by atoms with Crippen molar-refractivity contribution in [2.45, 2.75) is 97.3 Å². The lowest BCUT2D eigenvalue weighted by atomic mass is 9.39. The zero-order valence-electron chi connectivity index (χ0n) is 50.7. The van der Waals surface area contributed by atoms with Crippen molar-refractivity contribution in [3.8, 4) is 28.4 Å². The molecule has 6 aromatic rings. The molecule has 5 atom stereocenters. The maximum Gasteiger partial charge on any atom is 0.410 e. The number of aliphatic hydroxyl groups is 3. The third-order valence-electron chi connectivity index (χ3n) is 17.6. The van der Waals surface area contributed by atoms with Crippen LogP contribution in [-0.4, -0.2) is 159 Å². The Morgan fingerprint density at radius 1 is 0.833 bits per heavy atom. The van der Waals surface area contributed by atoms with Crippen LogP contribution >= 0.6 is 11.3 Å². The molecule has 25 nitrogen and oxygen atoms in total. The van der Waals surface area contributed by atoms with Gasteiger partial charge in [0.15, 0.2) is 10.8 Å². The number of aromatic carboxylic acids is 1. The fourth-order valence-electron chi connectivity index (χ4n) is 14.9. The highest BCUT2D eigenvalue weighted by Gasteiger charge is 2.66. The zero-order valence-corrected chi connectivity index (χ0v) is 51.6. The molecule has 5 heterocycles. The number of anilines is 2. The molecule has 0 saturated heterocycles. The van der Waals surface area contributed by atoms with E-state index in [2.05, 4.69) is 24.1 Å². The quantitative estimate of drug-likeness (QED) is 0.0249. The van der Waals surface area contributed by atoms with Crippen molar-refractivity contribution < 1.29 is 82.6 Å². The van der Waals surface area contributed by atoms with E-state index in [0.717, 1.165) is 65.6 Å². The van der Waals surface area contributed by atoms with Gasteiger partial charge in [-0.3, -0.25) is 14.8 Å². The van der Waals surface area contributed by atoms with E-state index in [4.69, 9.17) is 53.7 Å². The number of thiazole rings is 1. The molecule has 4 saturated carbocycles. The minimum atomic E-state index is -1.85. The first-order chi connectivity index (χ1) is 43.1. The number of nitrogens with two attached hydrogens (primary N) is 1. The van der Waals surface area contributed by atoms with Crippen LogP contribution in [0.1, 0.15) is 95.6 Å². The summed E-state index contributed by atoms with van der Waals surface area (Å²) in [4.78, 5) is 65.8. The molecule has 2 unspecified atom stereocenters. The molecular weight excluding hydrogens is 1180 g/mol. The number of para-hydroxylation sites is 1. The molecule has 2 aliphatic heterocycles. The van der Waals surface area contributed by atoms with Gasteiger partial charge in [0.1, 0.15) is 36.3 Å². The molecule has 0 radical (unpaired) electrons. The second kappa shape index (κ2) is 25.7. The van der Waals surface area contributed by atoms with Gasteiger partial charge in [0.2, 0.25) is 17.3 Å². The summed E-state index contributed by atoms with van der Waals surface area (Å²) in [7, 11) is 3.14. The summed E-state index contributed by atoms with van der Waals surface area (Å²) in [5, 5.41) is 59.3. The van der Waals surface area contributed by atoms with Gasteiger partial charge in [-0.05, 0) is 122 Å². The number of nitrogens with one attached hydrogen (secondary N) is 1. The molecule has 90 heavy (non-hydrogen) atoms. The predicted molar refractivity (Wildman–Crippen MR) is 328 cm³/mol. The number of amides is 2. The summed E-state index contributed by atoms with van der Waals surface area (Å²) in [6.45, 7) is 9.40. The van der Waals surface area contributed by atoms with Crippen molar-refractivity contribution in [1.82, 2.24) is 24.6 Å². The molecule has 4 bridgehead atoms. The molecule has 26 heteroatoms. The Morgan fingerprint density at radius 3 is 2.34 bits per heavy atom. The van der Waals surface area contributed by atoms with Crippen LogP contribution in [0.5, 0.6) is 17.2 Å². The van der Waals surface area contributed by atoms with Crippen LogP contribution in [0.3, 0.4) is 0 Å². The van der Waals surface area contributed by atoms with Gasteiger partial charge in [-0.15, -0.1) is 0 Å². The minimum absolute atomic E-state index is 0.00420. The molecule has 8 N–H and O–H groups in total. The lowest BCUT2D eigenvalue weighted by Gasteiger charge is -2.69. The molecule has 0 spiro atoms.